The van der Waals surface area contributed by atoms with E-state index in [0.717, 1.165) is 5.56 Å². The van der Waals surface area contributed by atoms with E-state index in [2.05, 4.69) is 10.3 Å². The number of aromatic nitrogens is 2. The first kappa shape index (κ1) is 17.5. The highest BCUT2D eigenvalue weighted by Crippen LogP contribution is 2.18. The third-order valence-corrected chi connectivity index (χ3v) is 4.18. The van der Waals surface area contributed by atoms with Crippen molar-refractivity contribution in [3.8, 4) is 5.75 Å². The van der Waals surface area contributed by atoms with Gasteiger partial charge in [-0.15, -0.1) is 0 Å². The van der Waals surface area contributed by atoms with Gasteiger partial charge in [-0.05, 0) is 55.0 Å². The molecule has 0 radical (unpaired) electrons. The van der Waals surface area contributed by atoms with E-state index in [1.165, 1.54) is 16.7 Å². The summed E-state index contributed by atoms with van der Waals surface area (Å²) < 4.78 is 12.3. The average Bonchev–Trinajstić information content (AvgIpc) is 3.23. The highest BCUT2D eigenvalue weighted by Gasteiger charge is 2.09. The molecular weight excluding hydrogens is 358 g/mol. The second kappa shape index (κ2) is 7.40. The first-order valence-electron chi connectivity index (χ1n) is 8.66. The van der Waals surface area contributed by atoms with Gasteiger partial charge in [0.25, 0.3) is 11.5 Å². The zero-order valence-electron chi connectivity index (χ0n) is 15.1. The maximum atomic E-state index is 12.2. The van der Waals surface area contributed by atoms with Crippen LogP contribution in [-0.2, 0) is 6.61 Å². The van der Waals surface area contributed by atoms with Crippen LogP contribution in [0.4, 0.5) is 5.69 Å². The van der Waals surface area contributed by atoms with Crippen molar-refractivity contribution < 1.29 is 13.9 Å². The number of fused-ring (bicyclic) bond motifs is 1. The quantitative estimate of drug-likeness (QED) is 0.578. The number of hydrogen-bond acceptors (Lipinski definition) is 5. The Labute approximate surface area is 160 Å². The van der Waals surface area contributed by atoms with Crippen molar-refractivity contribution in [1.82, 2.24) is 9.38 Å². The molecule has 28 heavy (non-hydrogen) atoms. The van der Waals surface area contributed by atoms with Crippen molar-refractivity contribution in [2.45, 2.75) is 13.5 Å². The molecule has 3 aromatic heterocycles. The van der Waals surface area contributed by atoms with E-state index in [0.29, 0.717) is 22.8 Å². The molecule has 3 heterocycles. The van der Waals surface area contributed by atoms with E-state index in [9.17, 15) is 9.59 Å². The molecule has 0 saturated heterocycles. The molecule has 1 amide bonds. The van der Waals surface area contributed by atoms with Gasteiger partial charge in [0, 0.05) is 18.0 Å². The van der Waals surface area contributed by atoms with E-state index >= 15 is 0 Å². The Kier molecular flexibility index (Phi) is 4.63. The van der Waals surface area contributed by atoms with Crippen LogP contribution in [0.2, 0.25) is 0 Å². The van der Waals surface area contributed by atoms with Gasteiger partial charge in [0.2, 0.25) is 0 Å². The van der Waals surface area contributed by atoms with Crippen LogP contribution in [0.1, 0.15) is 21.8 Å². The van der Waals surface area contributed by atoms with E-state index < -0.39 is 0 Å². The van der Waals surface area contributed by atoms with Gasteiger partial charge in [0.05, 0.1) is 12.0 Å². The number of anilines is 1. The van der Waals surface area contributed by atoms with E-state index in [1.54, 1.807) is 42.6 Å². The van der Waals surface area contributed by atoms with Crippen LogP contribution in [-0.4, -0.2) is 15.3 Å². The molecule has 0 aliphatic rings. The van der Waals surface area contributed by atoms with Crippen molar-refractivity contribution in [3.63, 3.8) is 0 Å². The van der Waals surface area contributed by atoms with Crippen molar-refractivity contribution in [1.29, 1.82) is 0 Å². The summed E-state index contributed by atoms with van der Waals surface area (Å²) in [7, 11) is 0. The Morgan fingerprint density at radius 2 is 2.00 bits per heavy atom. The molecule has 7 heteroatoms. The summed E-state index contributed by atoms with van der Waals surface area (Å²) >= 11 is 0. The van der Waals surface area contributed by atoms with E-state index in [-0.39, 0.29) is 23.8 Å². The van der Waals surface area contributed by atoms with Crippen molar-refractivity contribution in [2.75, 3.05) is 5.32 Å². The summed E-state index contributed by atoms with van der Waals surface area (Å²) in [6.45, 7) is 2.07. The van der Waals surface area contributed by atoms with Gasteiger partial charge in [0.15, 0.2) is 5.76 Å². The number of ether oxygens (including phenoxy) is 1. The second-order valence-electron chi connectivity index (χ2n) is 6.22. The number of carbonyl (C=O) groups excluding carboxylic acids is 1. The first-order chi connectivity index (χ1) is 13.6. The Morgan fingerprint density at radius 1 is 1.18 bits per heavy atom. The summed E-state index contributed by atoms with van der Waals surface area (Å²) in [5.74, 6) is 0.516. The minimum atomic E-state index is -0.324. The predicted octanol–water partition coefficient (Wildman–Crippen LogP) is 3.43. The standard InChI is InChI=1S/C21H17N3O4/c1-14-4-2-10-24-19(25)12-16(22-20(14)24)13-28-17-8-6-15(7-9-17)23-21(26)18-5-3-11-27-18/h2-12H,13H2,1H3,(H,23,26). The van der Waals surface area contributed by atoms with Gasteiger partial charge in [-0.1, -0.05) is 6.07 Å². The zero-order valence-corrected chi connectivity index (χ0v) is 15.1. The molecule has 0 aliphatic heterocycles. The average molecular weight is 375 g/mol. The van der Waals surface area contributed by atoms with E-state index in [1.807, 2.05) is 19.1 Å². The Bertz CT molecular complexity index is 1180. The van der Waals surface area contributed by atoms with Crippen LogP contribution in [0.3, 0.4) is 0 Å². The Morgan fingerprint density at radius 3 is 2.75 bits per heavy atom. The third kappa shape index (κ3) is 3.64. The molecule has 0 saturated carbocycles. The van der Waals surface area contributed by atoms with Crippen molar-refractivity contribution in [2.24, 2.45) is 0 Å². The number of aryl methyl sites for hydroxylation is 1. The highest BCUT2D eigenvalue weighted by molar-refractivity contribution is 6.02. The molecule has 4 aromatic rings. The largest absolute Gasteiger partial charge is 0.487 e. The molecule has 0 atom stereocenters. The molecule has 0 fully saturated rings. The molecule has 1 N–H and O–H groups in total. The summed E-state index contributed by atoms with van der Waals surface area (Å²) in [6.07, 6.45) is 3.14. The fourth-order valence-corrected chi connectivity index (χ4v) is 2.77. The van der Waals surface area contributed by atoms with Gasteiger partial charge in [-0.3, -0.25) is 14.0 Å². The number of furan rings is 1. The van der Waals surface area contributed by atoms with Crippen LogP contribution < -0.4 is 15.6 Å². The Hall–Kier alpha value is -3.87. The molecule has 0 spiro atoms. The minimum Gasteiger partial charge on any atom is -0.487 e. The van der Waals surface area contributed by atoms with Gasteiger partial charge < -0.3 is 14.5 Å². The van der Waals surface area contributed by atoms with Crippen LogP contribution in [0.15, 0.2) is 76.3 Å². The van der Waals surface area contributed by atoms with Gasteiger partial charge in [-0.2, -0.15) is 0 Å². The number of rotatable bonds is 5. The molecule has 4 rings (SSSR count). The number of carbonyl (C=O) groups is 1. The minimum absolute atomic E-state index is 0.150. The highest BCUT2D eigenvalue weighted by atomic mass is 16.5. The smallest absolute Gasteiger partial charge is 0.291 e. The molecule has 0 aliphatic carbocycles. The van der Waals surface area contributed by atoms with Crippen LogP contribution in [0, 0.1) is 6.92 Å². The van der Waals surface area contributed by atoms with Crippen LogP contribution in [0.25, 0.3) is 5.65 Å². The van der Waals surface area contributed by atoms with Crippen LogP contribution >= 0.6 is 0 Å². The predicted molar refractivity (Wildman–Crippen MR) is 104 cm³/mol. The summed E-state index contributed by atoms with van der Waals surface area (Å²) in [5, 5.41) is 2.73. The SMILES string of the molecule is Cc1cccn2c(=O)cc(COc3ccc(NC(=O)c4ccco4)cc3)nc12. The summed E-state index contributed by atoms with van der Waals surface area (Å²) in [5.41, 5.74) is 2.55. The maximum absolute atomic E-state index is 12.2. The molecule has 0 bridgehead atoms. The number of amides is 1. The summed E-state index contributed by atoms with van der Waals surface area (Å²) in [6, 6.07) is 15.3. The lowest BCUT2D eigenvalue weighted by atomic mass is 10.3. The van der Waals surface area contributed by atoms with Crippen molar-refractivity contribution >= 4 is 17.2 Å². The molecular formula is C21H17N3O4. The number of benzene rings is 1. The molecule has 140 valence electrons. The zero-order chi connectivity index (χ0) is 19.5. The topological polar surface area (TPSA) is 85.8 Å². The fourth-order valence-electron chi connectivity index (χ4n) is 2.77. The fraction of sp³-hybridized carbons (Fsp3) is 0.0952. The lowest BCUT2D eigenvalue weighted by molar-refractivity contribution is 0.0996. The monoisotopic (exact) mass is 375 g/mol. The normalized spacial score (nSPS) is 10.8. The number of nitrogens with zero attached hydrogens (tertiary/aromatic N) is 2. The maximum Gasteiger partial charge on any atom is 0.291 e. The molecule has 0 unspecified atom stereocenters. The second-order valence-corrected chi connectivity index (χ2v) is 6.22. The third-order valence-electron chi connectivity index (χ3n) is 4.18. The number of nitrogens with one attached hydrogen (secondary N) is 1. The lowest BCUT2D eigenvalue weighted by Crippen LogP contribution is -2.17. The first-order valence-corrected chi connectivity index (χ1v) is 8.66. The summed E-state index contributed by atoms with van der Waals surface area (Å²) in [4.78, 5) is 28.7. The van der Waals surface area contributed by atoms with Crippen LogP contribution in [0.5, 0.6) is 5.75 Å². The van der Waals surface area contributed by atoms with Crippen molar-refractivity contribution in [3.05, 3.63) is 94.4 Å². The number of pyridine rings is 1. The van der Waals surface area contributed by atoms with Gasteiger partial charge in [-0.25, -0.2) is 4.98 Å². The Balaban J connectivity index is 1.44. The van der Waals surface area contributed by atoms with Gasteiger partial charge >= 0.3 is 0 Å². The molecule has 1 aromatic carbocycles. The van der Waals surface area contributed by atoms with E-state index in [4.69, 9.17) is 9.15 Å². The lowest BCUT2D eigenvalue weighted by Gasteiger charge is -2.09. The molecule has 7 nitrogen and oxygen atoms in total. The van der Waals surface area contributed by atoms with Gasteiger partial charge in [0.1, 0.15) is 18.0 Å². The number of hydrogen-bond donors (Lipinski definition) is 1.